The zero-order chi connectivity index (χ0) is 15.1. The van der Waals surface area contributed by atoms with Crippen LogP contribution in [0.1, 0.15) is 12.1 Å². The van der Waals surface area contributed by atoms with Crippen molar-refractivity contribution in [2.45, 2.75) is 17.9 Å². The lowest BCUT2D eigenvalue weighted by Crippen LogP contribution is -2.25. The zero-order valence-corrected chi connectivity index (χ0v) is 12.4. The van der Waals surface area contributed by atoms with Crippen LogP contribution in [0.15, 0.2) is 47.5 Å². The van der Waals surface area contributed by atoms with Crippen molar-refractivity contribution < 1.29 is 13.2 Å². The van der Waals surface area contributed by atoms with Gasteiger partial charge in [0.15, 0.2) is 0 Å². The Hall–Kier alpha value is -1.83. The molecule has 6 nitrogen and oxygen atoms in total. The van der Waals surface area contributed by atoms with E-state index in [9.17, 15) is 8.42 Å². The van der Waals surface area contributed by atoms with Gasteiger partial charge in [0.2, 0.25) is 10.0 Å². The first kappa shape index (κ1) is 15.6. The van der Waals surface area contributed by atoms with E-state index < -0.39 is 10.0 Å². The maximum absolute atomic E-state index is 12.0. The highest BCUT2D eigenvalue weighted by Gasteiger charge is 2.14. The van der Waals surface area contributed by atoms with E-state index in [2.05, 4.69) is 9.71 Å². The van der Waals surface area contributed by atoms with Gasteiger partial charge in [-0.15, -0.1) is 0 Å². The third-order valence-electron chi connectivity index (χ3n) is 2.87. The van der Waals surface area contributed by atoms with Gasteiger partial charge in [0.1, 0.15) is 5.75 Å². The predicted molar refractivity (Wildman–Crippen MR) is 80.4 cm³/mol. The smallest absolute Gasteiger partial charge is 0.242 e. The predicted octanol–water partition coefficient (Wildman–Crippen LogP) is 1.22. The summed E-state index contributed by atoms with van der Waals surface area (Å²) in [4.78, 5) is 3.02. The summed E-state index contributed by atoms with van der Waals surface area (Å²) in [6.45, 7) is 1.05. The van der Waals surface area contributed by atoms with Crippen LogP contribution in [-0.2, 0) is 16.6 Å². The number of nitrogens with two attached hydrogens (primary N) is 1. The third-order valence-corrected chi connectivity index (χ3v) is 4.31. The van der Waals surface area contributed by atoms with Crippen LogP contribution in [0.4, 0.5) is 0 Å². The molecule has 0 bridgehead atoms. The molecule has 1 heterocycles. The standard InChI is InChI=1S/C14H19N3O3S/c15-10-12-9-14(11-16-12)21(18,19)17-7-4-8-20-13-5-2-1-3-6-13/h1-3,5-6,9,11,16-17H,4,7-8,10,15H2. The molecule has 0 unspecified atom stereocenters. The normalized spacial score (nSPS) is 11.5. The van der Waals surface area contributed by atoms with E-state index in [0.717, 1.165) is 5.75 Å². The van der Waals surface area contributed by atoms with Crippen LogP contribution < -0.4 is 15.2 Å². The van der Waals surface area contributed by atoms with Crippen LogP contribution in [0.3, 0.4) is 0 Å². The minimum atomic E-state index is -3.49. The summed E-state index contributed by atoms with van der Waals surface area (Å²) in [7, 11) is -3.49. The monoisotopic (exact) mass is 309 g/mol. The van der Waals surface area contributed by atoms with Crippen molar-refractivity contribution >= 4 is 10.0 Å². The van der Waals surface area contributed by atoms with Gasteiger partial charge in [0.05, 0.1) is 11.5 Å². The van der Waals surface area contributed by atoms with Gasteiger partial charge < -0.3 is 15.5 Å². The van der Waals surface area contributed by atoms with E-state index in [0.29, 0.717) is 25.3 Å². The molecule has 2 rings (SSSR count). The molecule has 0 atom stereocenters. The lowest BCUT2D eigenvalue weighted by Gasteiger charge is -2.07. The lowest BCUT2D eigenvalue weighted by molar-refractivity contribution is 0.311. The molecule has 0 radical (unpaired) electrons. The Morgan fingerprint density at radius 1 is 1.24 bits per heavy atom. The molecule has 0 fully saturated rings. The number of aromatic amines is 1. The number of hydrogen-bond donors (Lipinski definition) is 3. The van der Waals surface area contributed by atoms with Crippen LogP contribution in [0.25, 0.3) is 0 Å². The van der Waals surface area contributed by atoms with Gasteiger partial charge in [-0.25, -0.2) is 13.1 Å². The summed E-state index contributed by atoms with van der Waals surface area (Å²) in [5, 5.41) is 0. The van der Waals surface area contributed by atoms with Gasteiger partial charge in [-0.05, 0) is 24.6 Å². The van der Waals surface area contributed by atoms with Crippen LogP contribution in [0.2, 0.25) is 0 Å². The van der Waals surface area contributed by atoms with Gasteiger partial charge in [-0.3, -0.25) is 0 Å². The van der Waals surface area contributed by atoms with Gasteiger partial charge in [0.25, 0.3) is 0 Å². The maximum Gasteiger partial charge on any atom is 0.242 e. The molecule has 2 aromatic rings. The topological polar surface area (TPSA) is 97.2 Å². The van der Waals surface area contributed by atoms with Crippen molar-refractivity contribution in [2.75, 3.05) is 13.2 Å². The second-order valence-electron chi connectivity index (χ2n) is 4.48. The Morgan fingerprint density at radius 2 is 2.00 bits per heavy atom. The quantitative estimate of drug-likeness (QED) is 0.639. The van der Waals surface area contributed by atoms with E-state index in [1.165, 1.54) is 12.3 Å². The van der Waals surface area contributed by atoms with Crippen LogP contribution in [0, 0.1) is 0 Å². The van der Waals surface area contributed by atoms with E-state index in [1.807, 2.05) is 30.3 Å². The molecule has 0 saturated heterocycles. The Balaban J connectivity index is 1.75. The summed E-state index contributed by atoms with van der Waals surface area (Å²) < 4.78 is 32.0. The summed E-state index contributed by atoms with van der Waals surface area (Å²) >= 11 is 0. The van der Waals surface area contributed by atoms with Crippen LogP contribution in [0.5, 0.6) is 5.75 Å². The van der Waals surface area contributed by atoms with Gasteiger partial charge >= 0.3 is 0 Å². The van der Waals surface area contributed by atoms with Crippen molar-refractivity contribution in [3.63, 3.8) is 0 Å². The first-order valence-corrected chi connectivity index (χ1v) is 8.15. The largest absolute Gasteiger partial charge is 0.494 e. The molecule has 1 aromatic carbocycles. The molecule has 0 spiro atoms. The SMILES string of the molecule is NCc1cc(S(=O)(=O)NCCCOc2ccccc2)c[nH]1. The van der Waals surface area contributed by atoms with Crippen LogP contribution >= 0.6 is 0 Å². The molecule has 114 valence electrons. The molecule has 0 aliphatic rings. The Morgan fingerprint density at radius 3 is 2.67 bits per heavy atom. The summed E-state index contributed by atoms with van der Waals surface area (Å²) in [5.74, 6) is 0.776. The highest BCUT2D eigenvalue weighted by Crippen LogP contribution is 2.10. The second-order valence-corrected chi connectivity index (χ2v) is 6.24. The average Bonchev–Trinajstić information content (AvgIpc) is 2.98. The van der Waals surface area contributed by atoms with Crippen molar-refractivity contribution in [3.05, 3.63) is 48.3 Å². The molecule has 21 heavy (non-hydrogen) atoms. The molecule has 0 amide bonds. The summed E-state index contributed by atoms with van der Waals surface area (Å²) in [6, 6.07) is 10.9. The molecule has 7 heteroatoms. The van der Waals surface area contributed by atoms with Crippen molar-refractivity contribution in [1.29, 1.82) is 0 Å². The first-order chi connectivity index (χ1) is 10.1. The number of para-hydroxylation sites is 1. The number of benzene rings is 1. The van der Waals surface area contributed by atoms with E-state index >= 15 is 0 Å². The highest BCUT2D eigenvalue weighted by molar-refractivity contribution is 7.89. The number of rotatable bonds is 8. The Labute approximate surface area is 124 Å². The lowest BCUT2D eigenvalue weighted by atomic mass is 10.3. The number of H-pyrrole nitrogens is 1. The molecule has 0 saturated carbocycles. The van der Waals surface area contributed by atoms with Crippen molar-refractivity contribution in [1.82, 2.24) is 9.71 Å². The van der Waals surface area contributed by atoms with Crippen molar-refractivity contribution in [2.24, 2.45) is 5.73 Å². The summed E-state index contributed by atoms with van der Waals surface area (Å²) in [5.41, 5.74) is 6.12. The molecule has 0 aliphatic heterocycles. The second kappa shape index (κ2) is 7.26. The number of ether oxygens (including phenoxy) is 1. The number of sulfonamides is 1. The fourth-order valence-corrected chi connectivity index (χ4v) is 2.85. The number of nitrogens with one attached hydrogen (secondary N) is 2. The maximum atomic E-state index is 12.0. The minimum Gasteiger partial charge on any atom is -0.494 e. The van der Waals surface area contributed by atoms with E-state index in [4.69, 9.17) is 10.5 Å². The Bertz CT molecular complexity index is 653. The fraction of sp³-hybridized carbons (Fsp3) is 0.286. The first-order valence-electron chi connectivity index (χ1n) is 6.67. The van der Waals surface area contributed by atoms with Crippen molar-refractivity contribution in [3.8, 4) is 5.75 Å². The number of aromatic nitrogens is 1. The molecule has 4 N–H and O–H groups in total. The zero-order valence-electron chi connectivity index (χ0n) is 11.6. The third kappa shape index (κ3) is 4.59. The Kier molecular flexibility index (Phi) is 5.38. The minimum absolute atomic E-state index is 0.201. The van der Waals surface area contributed by atoms with Gasteiger partial charge in [0, 0.05) is 25.0 Å². The highest BCUT2D eigenvalue weighted by atomic mass is 32.2. The fourth-order valence-electron chi connectivity index (χ4n) is 1.76. The van der Waals surface area contributed by atoms with E-state index in [-0.39, 0.29) is 11.4 Å². The molecule has 1 aromatic heterocycles. The molecule has 0 aliphatic carbocycles. The summed E-state index contributed by atoms with van der Waals surface area (Å²) in [6.07, 6.45) is 2.02. The van der Waals surface area contributed by atoms with Gasteiger partial charge in [-0.2, -0.15) is 0 Å². The average molecular weight is 309 g/mol. The number of hydrogen-bond acceptors (Lipinski definition) is 4. The molecular weight excluding hydrogens is 290 g/mol. The van der Waals surface area contributed by atoms with E-state index in [1.54, 1.807) is 0 Å². The van der Waals surface area contributed by atoms with Crippen LogP contribution in [-0.4, -0.2) is 26.6 Å². The molecular formula is C14H19N3O3S. The van der Waals surface area contributed by atoms with Gasteiger partial charge in [-0.1, -0.05) is 18.2 Å².